The number of amidine groups is 1. The highest BCUT2D eigenvalue weighted by Crippen LogP contribution is 2.44. The number of benzene rings is 2. The molecule has 0 saturated carbocycles. The minimum absolute atomic E-state index is 0.0602. The SMILES string of the molecule is CC1CCCC(C)N1CCCCCN1C(=O)C(C)(c2cc(C(=N)N)ccc2O)Oc2ccccc21. The monoisotopic (exact) mass is 478 g/mol. The fraction of sp³-hybridized carbons (Fsp3) is 0.500. The van der Waals surface area contributed by atoms with Crippen molar-refractivity contribution in [3.63, 3.8) is 0 Å². The first kappa shape index (κ1) is 25.0. The van der Waals surface area contributed by atoms with E-state index in [-0.39, 0.29) is 17.5 Å². The van der Waals surface area contributed by atoms with Crippen LogP contribution < -0.4 is 15.4 Å². The zero-order valence-electron chi connectivity index (χ0n) is 21.1. The molecule has 1 amide bonds. The van der Waals surface area contributed by atoms with Gasteiger partial charge in [-0.05, 0) is 83.3 Å². The number of nitrogens with one attached hydrogen (secondary N) is 1. The van der Waals surface area contributed by atoms with Gasteiger partial charge in [0.25, 0.3) is 5.91 Å². The molecule has 2 heterocycles. The lowest BCUT2D eigenvalue weighted by molar-refractivity contribution is -0.135. The van der Waals surface area contributed by atoms with Crippen molar-refractivity contribution in [3.05, 3.63) is 53.6 Å². The normalized spacial score (nSPS) is 24.7. The average molecular weight is 479 g/mol. The molecule has 3 unspecified atom stereocenters. The van der Waals surface area contributed by atoms with Gasteiger partial charge in [0.1, 0.15) is 17.3 Å². The van der Waals surface area contributed by atoms with Gasteiger partial charge in [0.05, 0.1) is 5.69 Å². The molecule has 1 saturated heterocycles. The summed E-state index contributed by atoms with van der Waals surface area (Å²) in [5.41, 5.74) is 5.73. The Morgan fingerprint density at radius 3 is 2.51 bits per heavy atom. The van der Waals surface area contributed by atoms with Gasteiger partial charge in [0.15, 0.2) is 0 Å². The number of nitrogen functional groups attached to an aromatic ring is 1. The number of phenols is 1. The number of carbonyl (C=O) groups is 1. The second-order valence-corrected chi connectivity index (χ2v) is 10.1. The van der Waals surface area contributed by atoms with E-state index in [4.69, 9.17) is 15.9 Å². The number of fused-ring (bicyclic) bond motifs is 1. The van der Waals surface area contributed by atoms with Gasteiger partial charge in [0.2, 0.25) is 5.60 Å². The van der Waals surface area contributed by atoms with Gasteiger partial charge in [-0.15, -0.1) is 0 Å². The summed E-state index contributed by atoms with van der Waals surface area (Å²) in [6.45, 7) is 8.01. The number of unbranched alkanes of at least 4 members (excludes halogenated alkanes) is 2. The van der Waals surface area contributed by atoms with Gasteiger partial charge in [-0.25, -0.2) is 0 Å². The Morgan fingerprint density at radius 1 is 1.11 bits per heavy atom. The maximum absolute atomic E-state index is 13.8. The van der Waals surface area contributed by atoms with Gasteiger partial charge < -0.3 is 20.5 Å². The van der Waals surface area contributed by atoms with Crippen LogP contribution >= 0.6 is 0 Å². The largest absolute Gasteiger partial charge is 0.507 e. The van der Waals surface area contributed by atoms with E-state index in [9.17, 15) is 9.90 Å². The molecule has 0 bridgehead atoms. The first-order chi connectivity index (χ1) is 16.7. The van der Waals surface area contributed by atoms with Crippen molar-refractivity contribution in [1.29, 1.82) is 5.41 Å². The van der Waals surface area contributed by atoms with Crippen molar-refractivity contribution in [2.45, 2.75) is 77.0 Å². The molecule has 2 aliphatic rings. The molecular formula is C28H38N4O3. The number of rotatable bonds is 8. The molecule has 2 aromatic rings. The van der Waals surface area contributed by atoms with Crippen LogP contribution in [-0.2, 0) is 10.4 Å². The fourth-order valence-electron chi connectivity index (χ4n) is 5.53. The maximum atomic E-state index is 13.8. The van der Waals surface area contributed by atoms with E-state index >= 15 is 0 Å². The third-order valence-corrected chi connectivity index (χ3v) is 7.62. The molecule has 1 fully saturated rings. The van der Waals surface area contributed by atoms with Crippen LogP contribution in [0.15, 0.2) is 42.5 Å². The highest BCUT2D eigenvalue weighted by Gasteiger charge is 2.47. The Kier molecular flexibility index (Phi) is 7.36. The van der Waals surface area contributed by atoms with Crippen LogP contribution in [0.4, 0.5) is 5.69 Å². The number of hydrogen-bond acceptors (Lipinski definition) is 5. The highest BCUT2D eigenvalue weighted by atomic mass is 16.5. The Hall–Kier alpha value is -3.06. The van der Waals surface area contributed by atoms with Gasteiger partial charge in [0, 0.05) is 29.8 Å². The summed E-state index contributed by atoms with van der Waals surface area (Å²) < 4.78 is 6.22. The predicted octanol–water partition coefficient (Wildman–Crippen LogP) is 4.75. The quantitative estimate of drug-likeness (QED) is 0.289. The Labute approximate surface area is 208 Å². The average Bonchev–Trinajstić information content (AvgIpc) is 2.82. The Balaban J connectivity index is 1.50. The molecule has 4 N–H and O–H groups in total. The van der Waals surface area contributed by atoms with Crippen molar-refractivity contribution in [1.82, 2.24) is 4.90 Å². The van der Waals surface area contributed by atoms with Crippen LogP contribution in [-0.4, -0.2) is 46.9 Å². The van der Waals surface area contributed by atoms with Crippen LogP contribution in [0.2, 0.25) is 0 Å². The number of para-hydroxylation sites is 2. The van der Waals surface area contributed by atoms with E-state index in [1.165, 1.54) is 25.3 Å². The van der Waals surface area contributed by atoms with Crippen LogP contribution in [0.1, 0.15) is 70.4 Å². The number of nitrogens with two attached hydrogens (primary N) is 1. The second-order valence-electron chi connectivity index (χ2n) is 10.1. The van der Waals surface area contributed by atoms with Gasteiger partial charge in [-0.1, -0.05) is 25.0 Å². The predicted molar refractivity (Wildman–Crippen MR) is 139 cm³/mol. The molecular weight excluding hydrogens is 440 g/mol. The molecule has 35 heavy (non-hydrogen) atoms. The number of nitrogens with zero attached hydrogens (tertiary/aromatic N) is 2. The number of ether oxygens (including phenoxy) is 1. The van der Waals surface area contributed by atoms with Gasteiger partial charge in [-0.2, -0.15) is 0 Å². The summed E-state index contributed by atoms with van der Waals surface area (Å²) in [5.74, 6) is 0.173. The number of amides is 1. The van der Waals surface area contributed by atoms with Crippen molar-refractivity contribution in [2.75, 3.05) is 18.0 Å². The molecule has 188 valence electrons. The lowest BCUT2D eigenvalue weighted by atomic mass is 9.89. The van der Waals surface area contributed by atoms with E-state index < -0.39 is 5.60 Å². The zero-order valence-corrected chi connectivity index (χ0v) is 21.1. The zero-order chi connectivity index (χ0) is 25.2. The first-order valence-electron chi connectivity index (χ1n) is 12.8. The lowest BCUT2D eigenvalue weighted by Gasteiger charge is -2.41. The number of carbonyl (C=O) groups excluding carboxylic acids is 1. The standard InChI is InChI=1S/C28H38N4O3/c1-19-10-9-11-20(2)31(19)16-7-4-8-17-32-23-12-5-6-13-25(23)35-28(3,27(32)34)22-18-21(26(29)30)14-15-24(22)33/h5-6,12-15,18-20,33H,4,7-11,16-17H2,1-3H3,(H3,29,30). The number of aromatic hydroxyl groups is 1. The molecule has 7 heteroatoms. The van der Waals surface area contributed by atoms with Crippen LogP contribution in [0.25, 0.3) is 0 Å². The summed E-state index contributed by atoms with van der Waals surface area (Å²) >= 11 is 0. The first-order valence-corrected chi connectivity index (χ1v) is 12.8. The van der Waals surface area contributed by atoms with Crippen molar-refractivity contribution >= 4 is 17.4 Å². The molecule has 7 nitrogen and oxygen atoms in total. The highest BCUT2D eigenvalue weighted by molar-refractivity contribution is 6.04. The number of phenolic OH excluding ortho intramolecular Hbond substituents is 1. The third kappa shape index (κ3) is 5.01. The van der Waals surface area contributed by atoms with Crippen LogP contribution in [0.3, 0.4) is 0 Å². The molecule has 2 aliphatic heterocycles. The van der Waals surface area contributed by atoms with Gasteiger partial charge >= 0.3 is 0 Å². The summed E-state index contributed by atoms with van der Waals surface area (Å²) in [5, 5.41) is 18.4. The number of likely N-dealkylation sites (tertiary alicyclic amines) is 1. The van der Waals surface area contributed by atoms with Crippen molar-refractivity contribution < 1.29 is 14.6 Å². The third-order valence-electron chi connectivity index (χ3n) is 7.62. The van der Waals surface area contributed by atoms with E-state index in [2.05, 4.69) is 18.7 Å². The smallest absolute Gasteiger partial charge is 0.275 e. The molecule has 4 rings (SSSR count). The lowest BCUT2D eigenvalue weighted by Crippen LogP contribution is -2.52. The van der Waals surface area contributed by atoms with Crippen molar-refractivity contribution in [2.24, 2.45) is 5.73 Å². The van der Waals surface area contributed by atoms with Gasteiger partial charge in [-0.3, -0.25) is 15.1 Å². The molecule has 3 atom stereocenters. The van der Waals surface area contributed by atoms with Crippen LogP contribution in [0.5, 0.6) is 11.5 Å². The minimum atomic E-state index is -1.43. The molecule has 0 aliphatic carbocycles. The van der Waals surface area contributed by atoms with Crippen LogP contribution in [0, 0.1) is 5.41 Å². The number of anilines is 1. The van der Waals surface area contributed by atoms with Crippen molar-refractivity contribution in [3.8, 4) is 11.5 Å². The topological polar surface area (TPSA) is 103 Å². The van der Waals surface area contributed by atoms with E-state index in [0.29, 0.717) is 35.5 Å². The molecule has 0 radical (unpaired) electrons. The van der Waals surface area contributed by atoms with E-state index in [1.54, 1.807) is 24.0 Å². The summed E-state index contributed by atoms with van der Waals surface area (Å²) in [4.78, 5) is 18.2. The fourth-order valence-corrected chi connectivity index (χ4v) is 5.53. The minimum Gasteiger partial charge on any atom is -0.507 e. The molecule has 0 spiro atoms. The Morgan fingerprint density at radius 2 is 1.80 bits per heavy atom. The second kappa shape index (κ2) is 10.3. The summed E-state index contributed by atoms with van der Waals surface area (Å²) in [6.07, 6.45) is 6.89. The number of hydrogen-bond donors (Lipinski definition) is 3. The Bertz CT molecular complexity index is 1080. The molecule has 2 aromatic carbocycles. The maximum Gasteiger partial charge on any atom is 0.275 e. The number of piperidine rings is 1. The van der Waals surface area contributed by atoms with E-state index in [1.807, 2.05) is 24.3 Å². The summed E-state index contributed by atoms with van der Waals surface area (Å²) in [6, 6.07) is 13.4. The molecule has 0 aromatic heterocycles. The summed E-state index contributed by atoms with van der Waals surface area (Å²) in [7, 11) is 0. The van der Waals surface area contributed by atoms with E-state index in [0.717, 1.165) is 31.5 Å².